The molecule has 1 aromatic carbocycles. The van der Waals surface area contributed by atoms with Crippen molar-refractivity contribution in [1.82, 2.24) is 0 Å². The minimum absolute atomic E-state index is 0.241. The first-order valence-corrected chi connectivity index (χ1v) is 5.16. The number of rotatable bonds is 2. The molecular formula is C12H17NO. The van der Waals surface area contributed by atoms with Crippen molar-refractivity contribution in [3.63, 3.8) is 0 Å². The summed E-state index contributed by atoms with van der Waals surface area (Å²) in [5.74, 6) is 0.750. The summed E-state index contributed by atoms with van der Waals surface area (Å²) in [6.07, 6.45) is 1.98. The predicted octanol–water partition coefficient (Wildman–Crippen LogP) is 2.46. The van der Waals surface area contributed by atoms with Crippen LogP contribution < -0.4 is 5.73 Å². The molecule has 0 amide bonds. The molecule has 2 rings (SSSR count). The van der Waals surface area contributed by atoms with E-state index >= 15 is 0 Å². The number of benzene rings is 1. The van der Waals surface area contributed by atoms with Gasteiger partial charge in [-0.3, -0.25) is 0 Å². The largest absolute Gasteiger partial charge is 0.507 e. The number of nitrogens with two attached hydrogens (primary N) is 1. The highest BCUT2D eigenvalue weighted by Gasteiger charge is 2.42. The second-order valence-corrected chi connectivity index (χ2v) is 4.55. The highest BCUT2D eigenvalue weighted by atomic mass is 16.3. The monoisotopic (exact) mass is 191 g/mol. The first kappa shape index (κ1) is 9.53. The first-order chi connectivity index (χ1) is 6.54. The van der Waals surface area contributed by atoms with E-state index in [9.17, 15) is 5.11 Å². The standard InChI is InChI=1S/C12H17NO/c1-8(2)9-4-3-5-10(11(9)14)12(13)6-7-12/h3-5,8,14H,6-7,13H2,1-2H3. The number of para-hydroxylation sites is 1. The van der Waals surface area contributed by atoms with Gasteiger partial charge in [0.15, 0.2) is 0 Å². The zero-order chi connectivity index (χ0) is 10.3. The fourth-order valence-electron chi connectivity index (χ4n) is 1.83. The second-order valence-electron chi connectivity index (χ2n) is 4.55. The topological polar surface area (TPSA) is 46.2 Å². The van der Waals surface area contributed by atoms with Crippen LogP contribution in [0.2, 0.25) is 0 Å². The van der Waals surface area contributed by atoms with Crippen LogP contribution in [0.4, 0.5) is 0 Å². The average Bonchev–Trinajstić information content (AvgIpc) is 2.84. The molecule has 1 aliphatic carbocycles. The third kappa shape index (κ3) is 1.40. The average molecular weight is 191 g/mol. The number of phenolic OH excluding ortho intramolecular Hbond substituents is 1. The maximum absolute atomic E-state index is 10.1. The summed E-state index contributed by atoms with van der Waals surface area (Å²) in [5, 5.41) is 10.1. The molecule has 3 N–H and O–H groups in total. The lowest BCUT2D eigenvalue weighted by atomic mass is 9.95. The number of aromatic hydroxyl groups is 1. The van der Waals surface area contributed by atoms with E-state index < -0.39 is 0 Å². The van der Waals surface area contributed by atoms with Crippen molar-refractivity contribution in [2.75, 3.05) is 0 Å². The summed E-state index contributed by atoms with van der Waals surface area (Å²) in [4.78, 5) is 0. The molecule has 0 unspecified atom stereocenters. The molecule has 0 atom stereocenters. The number of hydrogen-bond acceptors (Lipinski definition) is 2. The van der Waals surface area contributed by atoms with Gasteiger partial charge in [0, 0.05) is 11.1 Å². The van der Waals surface area contributed by atoms with E-state index in [1.165, 1.54) is 0 Å². The quantitative estimate of drug-likeness (QED) is 0.754. The summed E-state index contributed by atoms with van der Waals surface area (Å²) in [6.45, 7) is 4.16. The van der Waals surface area contributed by atoms with Gasteiger partial charge in [-0.2, -0.15) is 0 Å². The second kappa shape index (κ2) is 2.99. The van der Waals surface area contributed by atoms with Gasteiger partial charge < -0.3 is 10.8 Å². The minimum atomic E-state index is -0.241. The van der Waals surface area contributed by atoms with Gasteiger partial charge in [-0.25, -0.2) is 0 Å². The molecule has 14 heavy (non-hydrogen) atoms. The Morgan fingerprint density at radius 3 is 2.50 bits per heavy atom. The predicted molar refractivity (Wildman–Crippen MR) is 57.3 cm³/mol. The molecule has 2 nitrogen and oxygen atoms in total. The van der Waals surface area contributed by atoms with E-state index in [2.05, 4.69) is 13.8 Å². The Bertz CT molecular complexity index is 353. The van der Waals surface area contributed by atoms with Crippen molar-refractivity contribution in [3.8, 4) is 5.75 Å². The van der Waals surface area contributed by atoms with Crippen molar-refractivity contribution in [2.24, 2.45) is 5.73 Å². The Labute approximate surface area is 84.7 Å². The lowest BCUT2D eigenvalue weighted by Gasteiger charge is -2.16. The summed E-state index contributed by atoms with van der Waals surface area (Å²) >= 11 is 0. The van der Waals surface area contributed by atoms with Crippen LogP contribution in [0, 0.1) is 0 Å². The minimum Gasteiger partial charge on any atom is -0.507 e. The lowest BCUT2D eigenvalue weighted by molar-refractivity contribution is 0.449. The number of hydrogen-bond donors (Lipinski definition) is 2. The van der Waals surface area contributed by atoms with Crippen LogP contribution in [0.15, 0.2) is 18.2 Å². The molecule has 1 aromatic rings. The Morgan fingerprint density at radius 2 is 2.00 bits per heavy atom. The van der Waals surface area contributed by atoms with Crippen LogP contribution >= 0.6 is 0 Å². The van der Waals surface area contributed by atoms with Gasteiger partial charge in [0.1, 0.15) is 5.75 Å². The van der Waals surface area contributed by atoms with E-state index in [4.69, 9.17) is 5.73 Å². The summed E-state index contributed by atoms with van der Waals surface area (Å²) in [7, 11) is 0. The normalized spacial score (nSPS) is 18.6. The van der Waals surface area contributed by atoms with Crippen LogP contribution in [0.25, 0.3) is 0 Å². The Kier molecular flexibility index (Phi) is 2.04. The zero-order valence-electron chi connectivity index (χ0n) is 8.75. The molecule has 0 spiro atoms. The van der Waals surface area contributed by atoms with Crippen LogP contribution in [-0.2, 0) is 5.54 Å². The molecule has 0 bridgehead atoms. The van der Waals surface area contributed by atoms with E-state index in [-0.39, 0.29) is 5.54 Å². The number of phenols is 1. The van der Waals surface area contributed by atoms with Crippen LogP contribution in [0.3, 0.4) is 0 Å². The third-order valence-electron chi connectivity index (χ3n) is 3.01. The molecule has 1 fully saturated rings. The van der Waals surface area contributed by atoms with Gasteiger partial charge >= 0.3 is 0 Å². The van der Waals surface area contributed by atoms with Crippen molar-refractivity contribution >= 4 is 0 Å². The molecule has 0 saturated heterocycles. The molecule has 2 heteroatoms. The molecule has 0 aromatic heterocycles. The maximum atomic E-state index is 10.1. The molecule has 0 aliphatic heterocycles. The highest BCUT2D eigenvalue weighted by Crippen LogP contribution is 2.47. The van der Waals surface area contributed by atoms with Gasteiger partial charge in [-0.15, -0.1) is 0 Å². The van der Waals surface area contributed by atoms with E-state index in [1.54, 1.807) is 0 Å². The molecule has 0 radical (unpaired) electrons. The summed E-state index contributed by atoms with van der Waals surface area (Å²) in [6, 6.07) is 5.89. The van der Waals surface area contributed by atoms with Crippen molar-refractivity contribution in [1.29, 1.82) is 0 Å². The molecule has 1 saturated carbocycles. The zero-order valence-corrected chi connectivity index (χ0v) is 8.75. The Balaban J connectivity index is 2.47. The third-order valence-corrected chi connectivity index (χ3v) is 3.01. The van der Waals surface area contributed by atoms with Crippen LogP contribution in [-0.4, -0.2) is 5.11 Å². The lowest BCUT2D eigenvalue weighted by Crippen LogP contribution is -2.19. The van der Waals surface area contributed by atoms with Crippen LogP contribution in [0.1, 0.15) is 43.7 Å². The van der Waals surface area contributed by atoms with Crippen LogP contribution in [0.5, 0.6) is 5.75 Å². The summed E-state index contributed by atoms with van der Waals surface area (Å²) < 4.78 is 0. The summed E-state index contributed by atoms with van der Waals surface area (Å²) in [5.41, 5.74) is 7.76. The first-order valence-electron chi connectivity index (χ1n) is 5.16. The fourth-order valence-corrected chi connectivity index (χ4v) is 1.83. The highest BCUT2D eigenvalue weighted by molar-refractivity contribution is 5.47. The maximum Gasteiger partial charge on any atom is 0.124 e. The van der Waals surface area contributed by atoms with Gasteiger partial charge in [0.2, 0.25) is 0 Å². The van der Waals surface area contributed by atoms with Crippen molar-refractivity contribution in [3.05, 3.63) is 29.3 Å². The van der Waals surface area contributed by atoms with Gasteiger partial charge in [0.25, 0.3) is 0 Å². The van der Waals surface area contributed by atoms with Gasteiger partial charge in [-0.1, -0.05) is 32.0 Å². The van der Waals surface area contributed by atoms with Gasteiger partial charge in [0.05, 0.1) is 0 Å². The Hall–Kier alpha value is -1.02. The molecule has 76 valence electrons. The molecular weight excluding hydrogens is 174 g/mol. The molecule has 0 heterocycles. The van der Waals surface area contributed by atoms with Crippen molar-refractivity contribution < 1.29 is 5.11 Å². The molecule has 1 aliphatic rings. The van der Waals surface area contributed by atoms with Gasteiger partial charge in [-0.05, 0) is 24.3 Å². The van der Waals surface area contributed by atoms with E-state index in [1.807, 2.05) is 18.2 Å². The SMILES string of the molecule is CC(C)c1cccc(C2(N)CC2)c1O. The fraction of sp³-hybridized carbons (Fsp3) is 0.500. The smallest absolute Gasteiger partial charge is 0.124 e. The van der Waals surface area contributed by atoms with Crippen molar-refractivity contribution in [2.45, 2.75) is 38.1 Å². The van der Waals surface area contributed by atoms with E-state index in [0.29, 0.717) is 11.7 Å². The Morgan fingerprint density at radius 1 is 1.36 bits per heavy atom. The van der Waals surface area contributed by atoms with E-state index in [0.717, 1.165) is 24.0 Å².